The lowest BCUT2D eigenvalue weighted by Crippen LogP contribution is -2.45. The van der Waals surface area contributed by atoms with Gasteiger partial charge in [0, 0.05) is 12.3 Å². The summed E-state index contributed by atoms with van der Waals surface area (Å²) < 4.78 is 25.8. The molecule has 0 aromatic heterocycles. The van der Waals surface area contributed by atoms with Gasteiger partial charge < -0.3 is 9.16 Å². The summed E-state index contributed by atoms with van der Waals surface area (Å²) in [5, 5.41) is -0.0219. The van der Waals surface area contributed by atoms with E-state index in [0.717, 1.165) is 0 Å². The minimum atomic E-state index is -2.15. The molecule has 6 heteroatoms. The fraction of sp³-hybridized carbons (Fsp3) is 0.867. The monoisotopic (exact) mass is 316 g/mol. The molecule has 0 aromatic carbocycles. The molecule has 0 spiro atoms. The van der Waals surface area contributed by atoms with Crippen molar-refractivity contribution in [1.29, 1.82) is 0 Å². The highest BCUT2D eigenvalue weighted by atomic mass is 28.4. The third kappa shape index (κ3) is 2.46. The maximum absolute atomic E-state index is 14.8. The van der Waals surface area contributed by atoms with Crippen LogP contribution in [-0.2, 0) is 18.8 Å². The summed E-state index contributed by atoms with van der Waals surface area (Å²) in [6.07, 6.45) is -0.273. The van der Waals surface area contributed by atoms with Crippen LogP contribution < -0.4 is 0 Å². The van der Waals surface area contributed by atoms with Gasteiger partial charge in [0.15, 0.2) is 8.32 Å². The molecule has 0 saturated heterocycles. The van der Waals surface area contributed by atoms with Crippen LogP contribution in [0.1, 0.15) is 34.1 Å². The van der Waals surface area contributed by atoms with Crippen LogP contribution in [0.4, 0.5) is 4.39 Å². The average Bonchev–Trinajstić information content (AvgIpc) is 2.81. The topological polar surface area (TPSA) is 52.6 Å². The number of fused-ring (bicyclic) bond motifs is 1. The Bertz CT molecular complexity index is 471. The Morgan fingerprint density at radius 1 is 1.43 bits per heavy atom. The van der Waals surface area contributed by atoms with Gasteiger partial charge in [-0.05, 0) is 25.1 Å². The SMILES string of the molecule is CCOC(=O)[C@@]1(F)[C@@H]2[C@@H](O[Si](C)(C)C(C)(C)C)CC(=O)[C@@H]21. The van der Waals surface area contributed by atoms with Crippen molar-refractivity contribution in [2.24, 2.45) is 11.8 Å². The second kappa shape index (κ2) is 4.88. The fourth-order valence-corrected chi connectivity index (χ4v) is 4.27. The molecule has 2 aliphatic carbocycles. The molecule has 0 amide bonds. The molecule has 21 heavy (non-hydrogen) atoms. The van der Waals surface area contributed by atoms with Gasteiger partial charge in [0.1, 0.15) is 5.78 Å². The second-order valence-corrected chi connectivity index (χ2v) is 12.3. The molecule has 4 atom stereocenters. The van der Waals surface area contributed by atoms with Crippen molar-refractivity contribution in [2.75, 3.05) is 6.61 Å². The van der Waals surface area contributed by atoms with Crippen LogP contribution in [0.25, 0.3) is 0 Å². The van der Waals surface area contributed by atoms with E-state index in [1.165, 1.54) is 0 Å². The smallest absolute Gasteiger partial charge is 0.345 e. The molecule has 0 aliphatic heterocycles. The van der Waals surface area contributed by atoms with E-state index < -0.39 is 37.9 Å². The zero-order chi connectivity index (χ0) is 16.2. The van der Waals surface area contributed by atoms with Crippen molar-refractivity contribution in [3.05, 3.63) is 0 Å². The van der Waals surface area contributed by atoms with E-state index in [1.807, 2.05) is 0 Å². The van der Waals surface area contributed by atoms with E-state index in [1.54, 1.807) is 6.92 Å². The molecule has 0 radical (unpaired) electrons. The first-order chi connectivity index (χ1) is 9.46. The lowest BCUT2D eigenvalue weighted by Gasteiger charge is -2.39. The first kappa shape index (κ1) is 16.6. The Morgan fingerprint density at radius 2 is 2.00 bits per heavy atom. The van der Waals surface area contributed by atoms with E-state index in [-0.39, 0.29) is 23.8 Å². The third-order valence-electron chi connectivity index (χ3n) is 5.18. The van der Waals surface area contributed by atoms with E-state index in [4.69, 9.17) is 9.16 Å². The van der Waals surface area contributed by atoms with Crippen molar-refractivity contribution in [3.63, 3.8) is 0 Å². The van der Waals surface area contributed by atoms with Gasteiger partial charge in [-0.15, -0.1) is 0 Å². The van der Waals surface area contributed by atoms with Crippen molar-refractivity contribution in [2.45, 2.75) is 64.0 Å². The van der Waals surface area contributed by atoms with Gasteiger partial charge in [-0.3, -0.25) is 4.79 Å². The number of hydrogen-bond donors (Lipinski definition) is 0. The lowest BCUT2D eigenvalue weighted by molar-refractivity contribution is -0.154. The highest BCUT2D eigenvalue weighted by molar-refractivity contribution is 6.74. The van der Waals surface area contributed by atoms with E-state index >= 15 is 0 Å². The van der Waals surface area contributed by atoms with Gasteiger partial charge >= 0.3 is 5.97 Å². The molecule has 0 aromatic rings. The fourth-order valence-electron chi connectivity index (χ4n) is 2.93. The van der Waals surface area contributed by atoms with E-state index in [0.29, 0.717) is 0 Å². The van der Waals surface area contributed by atoms with Gasteiger partial charge in [-0.1, -0.05) is 20.8 Å². The van der Waals surface area contributed by atoms with E-state index in [9.17, 15) is 14.0 Å². The number of carbonyl (C=O) groups excluding carboxylic acids is 2. The number of carbonyl (C=O) groups is 2. The van der Waals surface area contributed by atoms with Crippen molar-refractivity contribution in [1.82, 2.24) is 0 Å². The molecule has 0 N–H and O–H groups in total. The van der Waals surface area contributed by atoms with Crippen LogP contribution in [0.2, 0.25) is 18.1 Å². The molecule has 0 unspecified atom stereocenters. The summed E-state index contributed by atoms with van der Waals surface area (Å²) in [4.78, 5) is 23.8. The van der Waals surface area contributed by atoms with Gasteiger partial charge in [-0.25, -0.2) is 9.18 Å². The quantitative estimate of drug-likeness (QED) is 0.591. The van der Waals surface area contributed by atoms with Crippen molar-refractivity contribution >= 4 is 20.1 Å². The maximum atomic E-state index is 14.8. The molecule has 2 saturated carbocycles. The Kier molecular flexibility index (Phi) is 3.86. The Balaban J connectivity index is 2.15. The van der Waals surface area contributed by atoms with Crippen molar-refractivity contribution < 1.29 is 23.1 Å². The zero-order valence-corrected chi connectivity index (χ0v) is 14.7. The number of ether oxygens (including phenoxy) is 1. The van der Waals surface area contributed by atoms with Crippen molar-refractivity contribution in [3.8, 4) is 0 Å². The number of esters is 1. The molecular formula is C15H25FO4Si. The van der Waals surface area contributed by atoms with Gasteiger partial charge in [0.2, 0.25) is 5.67 Å². The number of Topliss-reactive ketones (excluding diaryl/α,β-unsaturated/α-hetero) is 1. The summed E-state index contributed by atoms with van der Waals surface area (Å²) in [5.41, 5.74) is -2.15. The Labute approximate surface area is 126 Å². The first-order valence-corrected chi connectivity index (χ1v) is 10.4. The van der Waals surface area contributed by atoms with Crippen LogP contribution in [0.3, 0.4) is 0 Å². The molecular weight excluding hydrogens is 291 g/mol. The summed E-state index contributed by atoms with van der Waals surface area (Å²) >= 11 is 0. The number of ketones is 1. The largest absolute Gasteiger partial charge is 0.464 e. The van der Waals surface area contributed by atoms with Crippen LogP contribution in [0.15, 0.2) is 0 Å². The molecule has 0 heterocycles. The molecule has 2 aliphatic rings. The third-order valence-corrected chi connectivity index (χ3v) is 9.68. The van der Waals surface area contributed by atoms with Gasteiger partial charge in [0.25, 0.3) is 0 Å². The Hall–Kier alpha value is -0.753. The summed E-state index contributed by atoms with van der Waals surface area (Å²) in [5.74, 6) is -2.62. The lowest BCUT2D eigenvalue weighted by atomic mass is 10.1. The maximum Gasteiger partial charge on any atom is 0.345 e. The number of alkyl halides is 1. The minimum Gasteiger partial charge on any atom is -0.464 e. The highest BCUT2D eigenvalue weighted by Gasteiger charge is 2.81. The number of hydrogen-bond acceptors (Lipinski definition) is 4. The number of halogens is 1. The second-order valence-electron chi connectivity index (χ2n) is 7.58. The summed E-state index contributed by atoms with van der Waals surface area (Å²) in [6, 6.07) is 0. The molecule has 2 rings (SSSR count). The minimum absolute atomic E-state index is 0.0219. The van der Waals surface area contributed by atoms with Crippen LogP contribution in [-0.4, -0.2) is 38.4 Å². The van der Waals surface area contributed by atoms with Crippen LogP contribution >= 0.6 is 0 Å². The summed E-state index contributed by atoms with van der Waals surface area (Å²) in [6.45, 7) is 12.2. The van der Waals surface area contributed by atoms with Crippen LogP contribution in [0, 0.1) is 11.8 Å². The summed E-state index contributed by atoms with van der Waals surface area (Å²) in [7, 11) is -2.10. The number of rotatable bonds is 4. The Morgan fingerprint density at radius 3 is 2.48 bits per heavy atom. The predicted molar refractivity (Wildman–Crippen MR) is 79.1 cm³/mol. The standard InChI is InChI=1S/C15H25FO4Si/c1-7-19-13(18)15(16)11-9(17)8-10(12(11)15)20-21(5,6)14(2,3)4/h10-12H,7-8H2,1-6H3/t10-,11-,12+,15-/m0/s1. The van der Waals surface area contributed by atoms with Gasteiger partial charge in [0.05, 0.1) is 18.6 Å². The average molecular weight is 316 g/mol. The normalized spacial score (nSPS) is 35.6. The van der Waals surface area contributed by atoms with Gasteiger partial charge in [-0.2, -0.15) is 0 Å². The molecule has 2 fully saturated rings. The van der Waals surface area contributed by atoms with E-state index in [2.05, 4.69) is 33.9 Å². The first-order valence-electron chi connectivity index (χ1n) is 7.53. The van der Waals surface area contributed by atoms with Crippen LogP contribution in [0.5, 0.6) is 0 Å². The predicted octanol–water partition coefficient (Wildman–Crippen LogP) is 2.87. The highest BCUT2D eigenvalue weighted by Crippen LogP contribution is 2.63. The molecule has 0 bridgehead atoms. The molecule has 4 nitrogen and oxygen atoms in total. The zero-order valence-electron chi connectivity index (χ0n) is 13.7. The molecule has 120 valence electrons.